The van der Waals surface area contributed by atoms with E-state index < -0.39 is 0 Å². The summed E-state index contributed by atoms with van der Waals surface area (Å²) in [6, 6.07) is 4.88. The summed E-state index contributed by atoms with van der Waals surface area (Å²) < 4.78 is 22.1. The number of halogens is 1. The Balaban J connectivity index is 0.000000230. The number of nitrogens with one attached hydrogen (secondary N) is 2. The lowest BCUT2D eigenvalue weighted by Crippen LogP contribution is -2.20. The highest BCUT2D eigenvalue weighted by atomic mass is 19.1. The second kappa shape index (κ2) is 11.2. The molecule has 9 heteroatoms. The summed E-state index contributed by atoms with van der Waals surface area (Å²) >= 11 is 0. The Kier molecular flexibility index (Phi) is 7.77. The quantitative estimate of drug-likeness (QED) is 0.370. The molecule has 1 aromatic carbocycles. The van der Waals surface area contributed by atoms with Crippen molar-refractivity contribution in [3.8, 4) is 17.0 Å². The van der Waals surface area contributed by atoms with Crippen LogP contribution in [0.3, 0.4) is 0 Å². The molecule has 8 nitrogen and oxygen atoms in total. The second-order valence-corrected chi connectivity index (χ2v) is 8.48. The zero-order valence-corrected chi connectivity index (χ0v) is 21.0. The third kappa shape index (κ3) is 5.45. The van der Waals surface area contributed by atoms with Crippen LogP contribution in [0.4, 0.5) is 15.9 Å². The van der Waals surface area contributed by atoms with Crippen LogP contribution in [0.15, 0.2) is 43.0 Å². The van der Waals surface area contributed by atoms with Crippen molar-refractivity contribution in [2.24, 2.45) is 7.05 Å². The molecule has 1 aliphatic heterocycles. The summed E-state index contributed by atoms with van der Waals surface area (Å²) in [5.41, 5.74) is 4.22. The summed E-state index contributed by atoms with van der Waals surface area (Å²) in [5.74, 6) is 1.44. The molecular weight excluding hydrogens is 459 g/mol. The van der Waals surface area contributed by atoms with Crippen molar-refractivity contribution in [2.45, 2.75) is 39.5 Å². The van der Waals surface area contributed by atoms with Crippen LogP contribution < -0.4 is 15.4 Å². The Labute approximate surface area is 209 Å². The van der Waals surface area contributed by atoms with E-state index >= 15 is 0 Å². The molecule has 36 heavy (non-hydrogen) atoms. The molecule has 2 N–H and O–H groups in total. The molecule has 1 aliphatic carbocycles. The summed E-state index contributed by atoms with van der Waals surface area (Å²) in [6.07, 6.45) is 10.5. The molecule has 0 radical (unpaired) electrons. The van der Waals surface area contributed by atoms with Gasteiger partial charge in [-0.25, -0.2) is 14.4 Å². The number of carbonyl (C=O) groups excluding carboxylic acids is 1. The standard InChI is InChI=1S/C18H15FN4O2.C7H10N2.C2H6/c1-10-14(8-22-18-17(10)20-2-3-25-18)13-4-11-6-16(23-9-24)21-7-12(11)5-15(13)19;1-9-5-7(4-8-9)6-2-3-6;1-2/h4-9,20H,2-3H2,1H3,(H,21,23,24);4-6H,2-3H2,1H3;1-2H3. The van der Waals surface area contributed by atoms with Gasteiger partial charge >= 0.3 is 0 Å². The van der Waals surface area contributed by atoms with E-state index in [9.17, 15) is 9.18 Å². The number of hydrogen-bond acceptors (Lipinski definition) is 6. The summed E-state index contributed by atoms with van der Waals surface area (Å²) in [7, 11) is 1.96. The van der Waals surface area contributed by atoms with Crippen LogP contribution >= 0.6 is 0 Å². The number of carbonyl (C=O) groups is 1. The number of aromatic nitrogens is 4. The minimum Gasteiger partial charge on any atom is -0.474 e. The molecule has 1 fully saturated rings. The largest absolute Gasteiger partial charge is 0.474 e. The molecular formula is C27H31FN6O2. The number of pyridine rings is 2. The van der Waals surface area contributed by atoms with Crippen LogP contribution in [0.25, 0.3) is 21.9 Å². The van der Waals surface area contributed by atoms with E-state index in [1.807, 2.05) is 38.7 Å². The molecule has 1 amide bonds. The smallest absolute Gasteiger partial charge is 0.237 e. The first-order valence-corrected chi connectivity index (χ1v) is 12.2. The predicted octanol–water partition coefficient (Wildman–Crippen LogP) is 5.44. The lowest BCUT2D eigenvalue weighted by molar-refractivity contribution is -0.105. The molecule has 0 saturated heterocycles. The van der Waals surface area contributed by atoms with Crippen molar-refractivity contribution in [3.05, 3.63) is 59.9 Å². The van der Waals surface area contributed by atoms with Crippen LogP contribution in [0.2, 0.25) is 0 Å². The zero-order valence-electron chi connectivity index (χ0n) is 21.0. The summed E-state index contributed by atoms with van der Waals surface area (Å²) in [6.45, 7) is 7.15. The van der Waals surface area contributed by atoms with Gasteiger partial charge in [-0.2, -0.15) is 5.10 Å². The fourth-order valence-corrected chi connectivity index (χ4v) is 4.07. The number of amides is 1. The van der Waals surface area contributed by atoms with Crippen LogP contribution in [0.5, 0.6) is 5.88 Å². The summed E-state index contributed by atoms with van der Waals surface area (Å²) in [4.78, 5) is 19.0. The van der Waals surface area contributed by atoms with Gasteiger partial charge in [-0.3, -0.25) is 9.48 Å². The predicted molar refractivity (Wildman–Crippen MR) is 140 cm³/mol. The number of fused-ring (bicyclic) bond motifs is 2. The molecule has 4 heterocycles. The normalized spacial score (nSPS) is 13.7. The number of aryl methyl sites for hydroxylation is 1. The van der Waals surface area contributed by atoms with Gasteiger partial charge in [0.25, 0.3) is 0 Å². The first kappa shape index (κ1) is 25.1. The topological polar surface area (TPSA) is 94.0 Å². The van der Waals surface area contributed by atoms with E-state index in [0.717, 1.165) is 22.6 Å². The third-order valence-electron chi connectivity index (χ3n) is 6.02. The number of benzene rings is 1. The van der Waals surface area contributed by atoms with Crippen LogP contribution in [-0.2, 0) is 11.8 Å². The second-order valence-electron chi connectivity index (χ2n) is 8.48. The number of rotatable bonds is 4. The fourth-order valence-electron chi connectivity index (χ4n) is 4.07. The average Bonchev–Trinajstić information content (AvgIpc) is 3.66. The monoisotopic (exact) mass is 490 g/mol. The number of nitrogens with zero attached hydrogens (tertiary/aromatic N) is 4. The van der Waals surface area contributed by atoms with Gasteiger partial charge in [0.1, 0.15) is 23.9 Å². The zero-order chi connectivity index (χ0) is 25.7. The van der Waals surface area contributed by atoms with Gasteiger partial charge in [0.05, 0.1) is 6.20 Å². The van der Waals surface area contributed by atoms with Crippen molar-refractivity contribution >= 4 is 28.7 Å². The highest BCUT2D eigenvalue weighted by Crippen LogP contribution is 2.39. The Morgan fingerprint density at radius 2 is 1.92 bits per heavy atom. The maximum absolute atomic E-state index is 14.7. The van der Waals surface area contributed by atoms with E-state index in [4.69, 9.17) is 4.74 Å². The Morgan fingerprint density at radius 1 is 1.11 bits per heavy atom. The first-order chi connectivity index (χ1) is 17.5. The van der Waals surface area contributed by atoms with Crippen molar-refractivity contribution in [2.75, 3.05) is 23.8 Å². The van der Waals surface area contributed by atoms with Crippen molar-refractivity contribution in [1.82, 2.24) is 19.7 Å². The maximum Gasteiger partial charge on any atom is 0.237 e. The van der Waals surface area contributed by atoms with Crippen molar-refractivity contribution in [1.29, 1.82) is 0 Å². The minimum atomic E-state index is -0.355. The molecule has 3 aromatic heterocycles. The van der Waals surface area contributed by atoms with Gasteiger partial charge in [-0.05, 0) is 60.4 Å². The average molecular weight is 491 g/mol. The van der Waals surface area contributed by atoms with Gasteiger partial charge < -0.3 is 15.4 Å². The fraction of sp³-hybridized carbons (Fsp3) is 0.333. The third-order valence-corrected chi connectivity index (χ3v) is 6.02. The molecule has 0 atom stereocenters. The van der Waals surface area contributed by atoms with Gasteiger partial charge in [-0.15, -0.1) is 0 Å². The number of anilines is 2. The summed E-state index contributed by atoms with van der Waals surface area (Å²) in [5, 5.41) is 11.3. The van der Waals surface area contributed by atoms with Crippen LogP contribution in [-0.4, -0.2) is 39.3 Å². The molecule has 0 bridgehead atoms. The van der Waals surface area contributed by atoms with E-state index in [-0.39, 0.29) is 5.82 Å². The number of hydrogen-bond donors (Lipinski definition) is 2. The first-order valence-electron chi connectivity index (χ1n) is 12.2. The van der Waals surface area contributed by atoms with Gasteiger partial charge in [0.2, 0.25) is 12.3 Å². The Morgan fingerprint density at radius 3 is 2.61 bits per heavy atom. The number of ether oxygens (including phenoxy) is 1. The molecule has 2 aliphatic rings. The van der Waals surface area contributed by atoms with Crippen molar-refractivity contribution in [3.63, 3.8) is 0 Å². The lowest BCUT2D eigenvalue weighted by Gasteiger charge is -2.21. The minimum absolute atomic E-state index is 0.355. The van der Waals surface area contributed by atoms with E-state index in [2.05, 4.69) is 31.9 Å². The Hall–Kier alpha value is -4.01. The molecule has 4 aromatic rings. The van der Waals surface area contributed by atoms with Crippen LogP contribution in [0.1, 0.15) is 43.7 Å². The molecule has 1 saturated carbocycles. The Bertz CT molecular complexity index is 1370. The molecule has 6 rings (SSSR count). The van der Waals surface area contributed by atoms with E-state index in [1.54, 1.807) is 18.3 Å². The van der Waals surface area contributed by atoms with Crippen LogP contribution in [0, 0.1) is 12.7 Å². The lowest BCUT2D eigenvalue weighted by atomic mass is 9.98. The maximum atomic E-state index is 14.7. The van der Waals surface area contributed by atoms with E-state index in [0.29, 0.717) is 47.8 Å². The molecule has 188 valence electrons. The van der Waals surface area contributed by atoms with Gasteiger partial charge in [0.15, 0.2) is 0 Å². The van der Waals surface area contributed by atoms with Crippen molar-refractivity contribution < 1.29 is 13.9 Å². The molecule has 0 unspecified atom stereocenters. The molecule has 0 spiro atoms. The van der Waals surface area contributed by atoms with Gasteiger partial charge in [0, 0.05) is 48.7 Å². The highest BCUT2D eigenvalue weighted by Gasteiger charge is 2.24. The SMILES string of the molecule is CC.Cc1c(-c2cc3cc(NC=O)ncc3cc2F)cnc2c1NCCO2.Cn1cc(C2CC2)cn1. The van der Waals surface area contributed by atoms with E-state index in [1.165, 1.54) is 30.7 Å². The van der Waals surface area contributed by atoms with Gasteiger partial charge in [-0.1, -0.05) is 13.8 Å². The highest BCUT2D eigenvalue weighted by molar-refractivity contribution is 5.91.